The predicted molar refractivity (Wildman–Crippen MR) is 45.7 cm³/mol. The molecule has 0 saturated carbocycles. The number of hydrogen-bond acceptors (Lipinski definition) is 3. The van der Waals surface area contributed by atoms with E-state index < -0.39 is 0 Å². The molecule has 1 aliphatic rings. The molecule has 11 heavy (non-hydrogen) atoms. The smallest absolute Gasteiger partial charge is 0.0734 e. The molecule has 1 fully saturated rings. The quantitative estimate of drug-likeness (QED) is 0.605. The van der Waals surface area contributed by atoms with E-state index >= 15 is 0 Å². The van der Waals surface area contributed by atoms with Crippen molar-refractivity contribution in [3.8, 4) is 0 Å². The second kappa shape index (κ2) is 4.70. The van der Waals surface area contributed by atoms with Crippen LogP contribution in [0, 0.1) is 0 Å². The van der Waals surface area contributed by atoms with Crippen LogP contribution in [-0.2, 0) is 4.74 Å². The van der Waals surface area contributed by atoms with Crippen molar-refractivity contribution in [3.05, 3.63) is 0 Å². The lowest BCUT2D eigenvalue weighted by atomic mass is 10.1. The van der Waals surface area contributed by atoms with Gasteiger partial charge in [0.1, 0.15) is 0 Å². The van der Waals surface area contributed by atoms with Gasteiger partial charge in [0.25, 0.3) is 0 Å². The fraction of sp³-hybridized carbons (Fsp3) is 1.00. The highest BCUT2D eigenvalue weighted by atomic mass is 16.5. The zero-order valence-corrected chi connectivity index (χ0v) is 7.39. The van der Waals surface area contributed by atoms with Crippen molar-refractivity contribution in [2.24, 2.45) is 0 Å². The molecule has 0 radical (unpaired) electrons. The number of rotatable bonds is 3. The molecule has 0 aromatic rings. The molecule has 1 heterocycles. The molecule has 0 amide bonds. The van der Waals surface area contributed by atoms with Gasteiger partial charge in [-0.15, -0.1) is 0 Å². The summed E-state index contributed by atoms with van der Waals surface area (Å²) < 4.78 is 5.34. The van der Waals surface area contributed by atoms with Crippen molar-refractivity contribution in [3.63, 3.8) is 0 Å². The molecule has 2 atom stereocenters. The van der Waals surface area contributed by atoms with Crippen LogP contribution in [0.1, 0.15) is 13.3 Å². The summed E-state index contributed by atoms with van der Waals surface area (Å²) in [6, 6.07) is 0.499. The number of nitrogens with one attached hydrogen (secondary N) is 2. The Balaban J connectivity index is 2.30. The van der Waals surface area contributed by atoms with Gasteiger partial charge in [0.05, 0.1) is 6.10 Å². The third kappa shape index (κ3) is 2.43. The zero-order chi connectivity index (χ0) is 8.10. The second-order valence-corrected chi connectivity index (χ2v) is 2.95. The predicted octanol–water partition coefficient (Wildman–Crippen LogP) is -0.0272. The molecule has 0 spiro atoms. The Hall–Kier alpha value is -0.120. The monoisotopic (exact) mass is 158 g/mol. The minimum atomic E-state index is 0.364. The van der Waals surface area contributed by atoms with Crippen LogP contribution in [0.25, 0.3) is 0 Å². The molecule has 1 rings (SSSR count). The number of ether oxygens (including phenoxy) is 1. The maximum Gasteiger partial charge on any atom is 0.0734 e. The lowest BCUT2D eigenvalue weighted by molar-refractivity contribution is 0.0607. The molecule has 66 valence electrons. The lowest BCUT2D eigenvalue weighted by Gasteiger charge is -2.30. The van der Waals surface area contributed by atoms with Gasteiger partial charge in [0.2, 0.25) is 0 Å². The molecule has 0 aromatic heterocycles. The number of methoxy groups -OCH3 is 1. The minimum Gasteiger partial charge on any atom is -0.380 e. The first-order valence-corrected chi connectivity index (χ1v) is 4.35. The summed E-state index contributed by atoms with van der Waals surface area (Å²) in [6.45, 7) is 5.33. The summed E-state index contributed by atoms with van der Waals surface area (Å²) in [5, 5.41) is 6.77. The van der Waals surface area contributed by atoms with Gasteiger partial charge in [-0.05, 0) is 6.42 Å². The first kappa shape index (κ1) is 8.97. The Labute approximate surface area is 68.5 Å². The molecule has 2 N–H and O–H groups in total. The third-order valence-corrected chi connectivity index (χ3v) is 2.23. The Morgan fingerprint density at radius 2 is 2.36 bits per heavy atom. The fourth-order valence-electron chi connectivity index (χ4n) is 1.55. The number of piperazine rings is 1. The van der Waals surface area contributed by atoms with E-state index in [9.17, 15) is 0 Å². The maximum atomic E-state index is 5.34. The van der Waals surface area contributed by atoms with E-state index in [1.54, 1.807) is 7.11 Å². The molecule has 3 heteroatoms. The van der Waals surface area contributed by atoms with E-state index in [2.05, 4.69) is 17.6 Å². The van der Waals surface area contributed by atoms with Crippen LogP contribution in [0.15, 0.2) is 0 Å². The molecular weight excluding hydrogens is 140 g/mol. The Morgan fingerprint density at radius 1 is 1.55 bits per heavy atom. The first-order chi connectivity index (χ1) is 5.38. The topological polar surface area (TPSA) is 33.3 Å². The van der Waals surface area contributed by atoms with Crippen LogP contribution >= 0.6 is 0 Å². The van der Waals surface area contributed by atoms with Gasteiger partial charge in [-0.2, -0.15) is 0 Å². The van der Waals surface area contributed by atoms with Crippen LogP contribution in [0.4, 0.5) is 0 Å². The van der Waals surface area contributed by atoms with Crippen LogP contribution in [0.5, 0.6) is 0 Å². The van der Waals surface area contributed by atoms with Gasteiger partial charge >= 0.3 is 0 Å². The molecule has 1 saturated heterocycles. The summed E-state index contributed by atoms with van der Waals surface area (Å²) >= 11 is 0. The van der Waals surface area contributed by atoms with Crippen LogP contribution < -0.4 is 10.6 Å². The lowest BCUT2D eigenvalue weighted by Crippen LogP contribution is -2.54. The Bertz CT molecular complexity index is 98.3. The van der Waals surface area contributed by atoms with Gasteiger partial charge in [-0.3, -0.25) is 0 Å². The molecule has 3 nitrogen and oxygen atoms in total. The van der Waals surface area contributed by atoms with Gasteiger partial charge in [-0.25, -0.2) is 0 Å². The molecule has 1 aliphatic heterocycles. The average Bonchev–Trinajstić information content (AvgIpc) is 2.09. The SMILES string of the molecule is CCC(OC)C1CNCCN1. The van der Waals surface area contributed by atoms with Crippen molar-refractivity contribution in [1.29, 1.82) is 0 Å². The third-order valence-electron chi connectivity index (χ3n) is 2.23. The van der Waals surface area contributed by atoms with Gasteiger partial charge in [-0.1, -0.05) is 6.92 Å². The molecule has 0 aromatic carbocycles. The highest BCUT2D eigenvalue weighted by Gasteiger charge is 2.20. The summed E-state index contributed by atoms with van der Waals surface area (Å²) in [5.41, 5.74) is 0. The molecule has 2 unspecified atom stereocenters. The zero-order valence-electron chi connectivity index (χ0n) is 7.39. The van der Waals surface area contributed by atoms with Crippen LogP contribution in [-0.4, -0.2) is 38.9 Å². The van der Waals surface area contributed by atoms with E-state index in [4.69, 9.17) is 4.74 Å². The van der Waals surface area contributed by atoms with E-state index in [1.807, 2.05) is 0 Å². The second-order valence-electron chi connectivity index (χ2n) is 2.95. The van der Waals surface area contributed by atoms with E-state index in [0.717, 1.165) is 26.1 Å². The first-order valence-electron chi connectivity index (χ1n) is 4.35. The summed E-state index contributed by atoms with van der Waals surface area (Å²) in [7, 11) is 1.78. The van der Waals surface area contributed by atoms with Gasteiger partial charge in [0, 0.05) is 32.8 Å². The average molecular weight is 158 g/mol. The maximum absolute atomic E-state index is 5.34. The fourth-order valence-corrected chi connectivity index (χ4v) is 1.55. The van der Waals surface area contributed by atoms with Crippen LogP contribution in [0.3, 0.4) is 0 Å². The normalized spacial score (nSPS) is 28.4. The molecule has 0 bridgehead atoms. The Morgan fingerprint density at radius 3 is 2.82 bits per heavy atom. The largest absolute Gasteiger partial charge is 0.380 e. The summed E-state index contributed by atoms with van der Waals surface area (Å²) in [6.07, 6.45) is 1.44. The van der Waals surface area contributed by atoms with Crippen molar-refractivity contribution in [2.45, 2.75) is 25.5 Å². The van der Waals surface area contributed by atoms with Crippen molar-refractivity contribution < 1.29 is 4.74 Å². The van der Waals surface area contributed by atoms with Gasteiger partial charge in [0.15, 0.2) is 0 Å². The van der Waals surface area contributed by atoms with Crippen molar-refractivity contribution >= 4 is 0 Å². The van der Waals surface area contributed by atoms with Gasteiger partial charge < -0.3 is 15.4 Å². The minimum absolute atomic E-state index is 0.364. The van der Waals surface area contributed by atoms with E-state index in [1.165, 1.54) is 0 Å². The number of hydrogen-bond donors (Lipinski definition) is 2. The van der Waals surface area contributed by atoms with Crippen LogP contribution in [0.2, 0.25) is 0 Å². The highest BCUT2D eigenvalue weighted by molar-refractivity contribution is 4.81. The van der Waals surface area contributed by atoms with E-state index in [0.29, 0.717) is 12.1 Å². The Kier molecular flexibility index (Phi) is 3.83. The highest BCUT2D eigenvalue weighted by Crippen LogP contribution is 2.03. The van der Waals surface area contributed by atoms with Crippen molar-refractivity contribution in [1.82, 2.24) is 10.6 Å². The molecule has 0 aliphatic carbocycles. The standard InChI is InChI=1S/C8H18N2O/c1-3-8(11-2)7-6-9-4-5-10-7/h7-10H,3-6H2,1-2H3. The van der Waals surface area contributed by atoms with E-state index in [-0.39, 0.29) is 0 Å². The van der Waals surface area contributed by atoms with Crippen molar-refractivity contribution in [2.75, 3.05) is 26.7 Å². The molecular formula is C8H18N2O. The summed E-state index contributed by atoms with van der Waals surface area (Å²) in [5.74, 6) is 0. The summed E-state index contributed by atoms with van der Waals surface area (Å²) in [4.78, 5) is 0.